The molecule has 2 N–H and O–H groups in total. The van der Waals surface area contributed by atoms with Crippen LogP contribution in [-0.2, 0) is 26.3 Å². The van der Waals surface area contributed by atoms with Crippen LogP contribution in [-0.4, -0.2) is 24.2 Å². The minimum atomic E-state index is -1.13. The first kappa shape index (κ1) is 17.9. The number of rotatable bonds is 6. The number of hydrogen-bond donors (Lipinski definition) is 2. The van der Waals surface area contributed by atoms with Crippen LogP contribution in [0.2, 0.25) is 0 Å². The van der Waals surface area contributed by atoms with Gasteiger partial charge in [-0.25, -0.2) is 9.87 Å². The molecule has 1 aliphatic rings. The number of carbonyl (C=O) groups excluding carboxylic acids is 2. The van der Waals surface area contributed by atoms with Gasteiger partial charge in [0.25, 0.3) is 0 Å². The van der Waals surface area contributed by atoms with E-state index in [0.717, 1.165) is 5.56 Å². The van der Waals surface area contributed by atoms with Crippen molar-refractivity contribution in [2.45, 2.75) is 18.4 Å². The molecule has 136 valence electrons. The number of ether oxygens (including phenoxy) is 2. The molecule has 1 fully saturated rings. The van der Waals surface area contributed by atoms with Crippen molar-refractivity contribution >= 4 is 11.9 Å². The first-order valence-electron chi connectivity index (χ1n) is 8.01. The molecule has 0 aliphatic heterocycles. The Morgan fingerprint density at radius 2 is 2.00 bits per heavy atom. The Kier molecular flexibility index (Phi) is 4.90. The van der Waals surface area contributed by atoms with E-state index < -0.39 is 23.2 Å². The Labute approximate surface area is 149 Å². The third-order valence-electron chi connectivity index (χ3n) is 4.61. The highest BCUT2D eigenvalue weighted by Crippen LogP contribution is 2.55. The lowest BCUT2D eigenvalue weighted by atomic mass is 9.92. The van der Waals surface area contributed by atoms with Crippen LogP contribution < -0.4 is 10.2 Å². The molecule has 0 heterocycles. The fourth-order valence-corrected chi connectivity index (χ4v) is 3.11. The Balaban J connectivity index is 1.80. The highest BCUT2D eigenvalue weighted by Gasteiger charge is 2.65. The molecule has 0 aromatic heterocycles. The van der Waals surface area contributed by atoms with Crippen molar-refractivity contribution in [2.24, 2.45) is 5.92 Å². The molecule has 0 radical (unpaired) electrons. The van der Waals surface area contributed by atoms with E-state index in [2.05, 4.69) is 0 Å². The minimum absolute atomic E-state index is 0.232. The number of amides is 1. The number of methoxy groups -OCH3 is 1. The smallest absolute Gasteiger partial charge is 0.317 e. The van der Waals surface area contributed by atoms with E-state index in [1.807, 2.05) is 0 Å². The van der Waals surface area contributed by atoms with Gasteiger partial charge >= 0.3 is 5.97 Å². The van der Waals surface area contributed by atoms with E-state index in [1.54, 1.807) is 41.9 Å². The molecule has 6 nitrogen and oxygen atoms in total. The van der Waals surface area contributed by atoms with Crippen molar-refractivity contribution in [3.8, 4) is 5.75 Å². The average Bonchev–Trinajstić information content (AvgIpc) is 3.43. The van der Waals surface area contributed by atoms with E-state index in [1.165, 1.54) is 19.2 Å². The number of hydroxylamine groups is 1. The minimum Gasteiger partial charge on any atom is -0.489 e. The van der Waals surface area contributed by atoms with Gasteiger partial charge in [0.1, 0.15) is 23.6 Å². The van der Waals surface area contributed by atoms with Crippen LogP contribution in [0.25, 0.3) is 0 Å². The topological polar surface area (TPSA) is 84.9 Å². The van der Waals surface area contributed by atoms with Crippen molar-refractivity contribution in [2.75, 3.05) is 7.11 Å². The standard InChI is InChI=1S/C19H18FNO5/c1-25-18(23)19(10-16(19)17(22)21-24)13-3-2-4-15(9-13)26-11-12-5-7-14(20)8-6-12/h2-9,16,24H,10-11H2,1H3,(H,21,22)/t16-,19?/m0/s1. The van der Waals surface area contributed by atoms with Crippen molar-refractivity contribution in [1.82, 2.24) is 5.48 Å². The van der Waals surface area contributed by atoms with Crippen molar-refractivity contribution in [3.05, 3.63) is 65.5 Å². The van der Waals surface area contributed by atoms with Crippen LogP contribution in [0.3, 0.4) is 0 Å². The molecule has 1 saturated carbocycles. The predicted octanol–water partition coefficient (Wildman–Crippen LogP) is 2.34. The van der Waals surface area contributed by atoms with E-state index >= 15 is 0 Å². The molecular formula is C19H18FNO5. The van der Waals surface area contributed by atoms with Gasteiger partial charge in [0.05, 0.1) is 13.0 Å². The second kappa shape index (κ2) is 7.13. The number of hydrogen-bond acceptors (Lipinski definition) is 5. The van der Waals surface area contributed by atoms with Crippen LogP contribution in [0.1, 0.15) is 17.5 Å². The Morgan fingerprint density at radius 1 is 1.27 bits per heavy atom. The van der Waals surface area contributed by atoms with Gasteiger partial charge in [-0.2, -0.15) is 0 Å². The fourth-order valence-electron chi connectivity index (χ4n) is 3.11. The van der Waals surface area contributed by atoms with E-state index in [-0.39, 0.29) is 18.8 Å². The average molecular weight is 359 g/mol. The zero-order valence-corrected chi connectivity index (χ0v) is 14.1. The quantitative estimate of drug-likeness (QED) is 0.470. The van der Waals surface area contributed by atoms with Crippen LogP contribution >= 0.6 is 0 Å². The summed E-state index contributed by atoms with van der Waals surface area (Å²) in [5, 5.41) is 8.86. The van der Waals surface area contributed by atoms with Gasteiger partial charge in [0.2, 0.25) is 5.91 Å². The van der Waals surface area contributed by atoms with Crippen LogP contribution in [0.15, 0.2) is 48.5 Å². The molecule has 2 atom stereocenters. The third-order valence-corrected chi connectivity index (χ3v) is 4.61. The van der Waals surface area contributed by atoms with Gasteiger partial charge < -0.3 is 9.47 Å². The lowest BCUT2D eigenvalue weighted by Gasteiger charge is -2.16. The summed E-state index contributed by atoms with van der Waals surface area (Å²) in [6.45, 7) is 0.232. The zero-order valence-electron chi connectivity index (χ0n) is 14.1. The summed E-state index contributed by atoms with van der Waals surface area (Å²) in [6, 6.07) is 12.8. The summed E-state index contributed by atoms with van der Waals surface area (Å²) < 4.78 is 23.5. The molecule has 0 bridgehead atoms. The molecule has 7 heteroatoms. The van der Waals surface area contributed by atoms with E-state index in [4.69, 9.17) is 14.7 Å². The van der Waals surface area contributed by atoms with Gasteiger partial charge in [0.15, 0.2) is 0 Å². The van der Waals surface area contributed by atoms with Gasteiger partial charge in [-0.3, -0.25) is 14.8 Å². The van der Waals surface area contributed by atoms with Gasteiger partial charge in [0, 0.05) is 0 Å². The van der Waals surface area contributed by atoms with E-state index in [9.17, 15) is 14.0 Å². The number of benzene rings is 2. The summed E-state index contributed by atoms with van der Waals surface area (Å²) in [5.41, 5.74) is 1.83. The second-order valence-corrected chi connectivity index (χ2v) is 6.14. The molecule has 2 aromatic carbocycles. The fraction of sp³-hybridized carbons (Fsp3) is 0.263. The summed E-state index contributed by atoms with van der Waals surface area (Å²) in [4.78, 5) is 24.1. The summed E-state index contributed by atoms with van der Waals surface area (Å²) in [6.07, 6.45) is 0.244. The third kappa shape index (κ3) is 3.25. The normalized spacial score (nSPS) is 21.0. The molecule has 0 spiro atoms. The van der Waals surface area contributed by atoms with Crippen molar-refractivity contribution in [1.29, 1.82) is 0 Å². The maximum Gasteiger partial charge on any atom is 0.317 e. The van der Waals surface area contributed by atoms with Crippen molar-refractivity contribution < 1.29 is 28.7 Å². The molecular weight excluding hydrogens is 341 g/mol. The number of carbonyl (C=O) groups is 2. The Bertz CT molecular complexity index is 823. The Morgan fingerprint density at radius 3 is 2.65 bits per heavy atom. The molecule has 1 aliphatic carbocycles. The molecule has 1 amide bonds. The number of esters is 1. The monoisotopic (exact) mass is 359 g/mol. The van der Waals surface area contributed by atoms with Crippen molar-refractivity contribution in [3.63, 3.8) is 0 Å². The lowest BCUT2D eigenvalue weighted by Crippen LogP contribution is -2.31. The highest BCUT2D eigenvalue weighted by atomic mass is 19.1. The van der Waals surface area contributed by atoms with Gasteiger partial charge in [-0.15, -0.1) is 0 Å². The SMILES string of the molecule is COC(=O)C1(c2cccc(OCc3ccc(F)cc3)c2)C[C@H]1C(=O)NO. The maximum atomic E-state index is 12.9. The number of nitrogens with one attached hydrogen (secondary N) is 1. The maximum absolute atomic E-state index is 12.9. The second-order valence-electron chi connectivity index (χ2n) is 6.14. The molecule has 1 unspecified atom stereocenters. The molecule has 26 heavy (non-hydrogen) atoms. The van der Waals surface area contributed by atoms with Gasteiger partial charge in [-0.1, -0.05) is 24.3 Å². The molecule has 2 aromatic rings. The number of halogens is 1. The molecule has 0 saturated heterocycles. The van der Waals surface area contributed by atoms with Gasteiger partial charge in [-0.05, 0) is 41.8 Å². The summed E-state index contributed by atoms with van der Waals surface area (Å²) >= 11 is 0. The first-order valence-corrected chi connectivity index (χ1v) is 8.01. The zero-order chi connectivity index (χ0) is 18.7. The van der Waals surface area contributed by atoms with Crippen LogP contribution in [0, 0.1) is 11.7 Å². The van der Waals surface area contributed by atoms with E-state index in [0.29, 0.717) is 11.3 Å². The van der Waals surface area contributed by atoms with Crippen LogP contribution in [0.5, 0.6) is 5.75 Å². The lowest BCUT2D eigenvalue weighted by molar-refractivity contribution is -0.146. The summed E-state index contributed by atoms with van der Waals surface area (Å²) in [7, 11) is 1.26. The Hall–Kier alpha value is -2.93. The first-order chi connectivity index (χ1) is 12.5. The predicted molar refractivity (Wildman–Crippen MR) is 88.9 cm³/mol. The highest BCUT2D eigenvalue weighted by molar-refractivity contribution is 5.97. The molecule has 3 rings (SSSR count). The van der Waals surface area contributed by atoms with Crippen LogP contribution in [0.4, 0.5) is 4.39 Å². The summed E-state index contributed by atoms with van der Waals surface area (Å²) in [5.74, 6) is -1.69. The largest absolute Gasteiger partial charge is 0.489 e.